The molecule has 0 saturated heterocycles. The normalized spacial score (nSPS) is 10.0. The summed E-state index contributed by atoms with van der Waals surface area (Å²) in [7, 11) is 0. The van der Waals surface area contributed by atoms with Crippen LogP contribution in [0.25, 0.3) is 11.3 Å². The number of aromatic nitrogens is 4. The second kappa shape index (κ2) is 3.25. The Morgan fingerprint density at radius 1 is 1.36 bits per heavy atom. The van der Waals surface area contributed by atoms with Gasteiger partial charge in [-0.05, 0) is 0 Å². The third-order valence-corrected chi connectivity index (χ3v) is 1.67. The second-order valence-electron chi connectivity index (χ2n) is 2.55. The van der Waals surface area contributed by atoms with Crippen LogP contribution < -0.4 is 0 Å². The number of H-pyrrole nitrogens is 1. The van der Waals surface area contributed by atoms with Crippen molar-refractivity contribution in [3.63, 3.8) is 0 Å². The minimum atomic E-state index is -1.10. The number of carboxylic acids is 1. The molecule has 2 aromatic rings. The molecule has 6 heteroatoms. The Kier molecular flexibility index (Phi) is 1.94. The topological polar surface area (TPSA) is 91.8 Å². The average molecular weight is 190 g/mol. The van der Waals surface area contributed by atoms with Crippen LogP contribution in [0.1, 0.15) is 10.5 Å². The number of rotatable bonds is 2. The van der Waals surface area contributed by atoms with Crippen LogP contribution in [0.3, 0.4) is 0 Å². The van der Waals surface area contributed by atoms with Crippen LogP contribution in [0.4, 0.5) is 0 Å². The van der Waals surface area contributed by atoms with Crippen LogP contribution in [-0.2, 0) is 0 Å². The molecule has 6 nitrogen and oxygen atoms in total. The quantitative estimate of drug-likeness (QED) is 0.722. The van der Waals surface area contributed by atoms with Gasteiger partial charge < -0.3 is 5.11 Å². The summed E-state index contributed by atoms with van der Waals surface area (Å²) in [4.78, 5) is 18.5. The minimum absolute atomic E-state index is 0.0751. The lowest BCUT2D eigenvalue weighted by atomic mass is 10.2. The molecule has 2 heterocycles. The van der Waals surface area contributed by atoms with Crippen molar-refractivity contribution in [2.75, 3.05) is 0 Å². The fraction of sp³-hybridized carbons (Fsp3) is 0. The minimum Gasteiger partial charge on any atom is -0.476 e. The van der Waals surface area contributed by atoms with Gasteiger partial charge in [0.1, 0.15) is 5.69 Å². The Labute approximate surface area is 78.6 Å². The number of nitrogens with zero attached hydrogens (tertiary/aromatic N) is 3. The van der Waals surface area contributed by atoms with Gasteiger partial charge in [-0.1, -0.05) is 0 Å². The summed E-state index contributed by atoms with van der Waals surface area (Å²) < 4.78 is 0. The predicted octanol–water partition coefficient (Wildman–Crippen LogP) is 0.565. The number of hydrogen-bond acceptors (Lipinski definition) is 4. The van der Waals surface area contributed by atoms with Crippen molar-refractivity contribution in [3.05, 3.63) is 30.5 Å². The van der Waals surface area contributed by atoms with Gasteiger partial charge in [-0.15, -0.1) is 0 Å². The molecule has 0 radical (unpaired) electrons. The fourth-order valence-electron chi connectivity index (χ4n) is 1.09. The molecule has 70 valence electrons. The summed E-state index contributed by atoms with van der Waals surface area (Å²) >= 11 is 0. The van der Waals surface area contributed by atoms with Gasteiger partial charge in [-0.3, -0.25) is 10.1 Å². The molecule has 0 aliphatic heterocycles. The summed E-state index contributed by atoms with van der Waals surface area (Å²) in [6, 6.07) is 0. The highest BCUT2D eigenvalue weighted by molar-refractivity contribution is 5.92. The zero-order valence-corrected chi connectivity index (χ0v) is 7.01. The molecule has 0 atom stereocenters. The molecule has 0 amide bonds. The summed E-state index contributed by atoms with van der Waals surface area (Å²) in [5, 5.41) is 15.1. The Hall–Kier alpha value is -2.24. The molecule has 0 aromatic carbocycles. The highest BCUT2D eigenvalue weighted by atomic mass is 16.4. The highest BCUT2D eigenvalue weighted by Gasteiger charge is 2.14. The molecular formula is C8H6N4O2. The largest absolute Gasteiger partial charge is 0.476 e. The van der Waals surface area contributed by atoms with E-state index < -0.39 is 5.97 Å². The van der Waals surface area contributed by atoms with Gasteiger partial charge in [0.25, 0.3) is 0 Å². The monoisotopic (exact) mass is 190 g/mol. The van der Waals surface area contributed by atoms with E-state index >= 15 is 0 Å². The lowest BCUT2D eigenvalue weighted by Crippen LogP contribution is -2.03. The molecule has 0 saturated carbocycles. The van der Waals surface area contributed by atoms with Crippen LogP contribution in [0.15, 0.2) is 24.8 Å². The summed E-state index contributed by atoms with van der Waals surface area (Å²) in [5.41, 5.74) is 0.846. The lowest BCUT2D eigenvalue weighted by Gasteiger charge is -1.99. The molecular weight excluding hydrogens is 184 g/mol. The maximum absolute atomic E-state index is 10.8. The van der Waals surface area contributed by atoms with Crippen LogP contribution >= 0.6 is 0 Å². The van der Waals surface area contributed by atoms with E-state index in [1.54, 1.807) is 6.20 Å². The molecule has 2 rings (SSSR count). The molecule has 0 aliphatic carbocycles. The van der Waals surface area contributed by atoms with E-state index in [0.717, 1.165) is 0 Å². The van der Waals surface area contributed by atoms with Crippen molar-refractivity contribution in [2.24, 2.45) is 0 Å². The first-order valence-electron chi connectivity index (χ1n) is 3.82. The van der Waals surface area contributed by atoms with Gasteiger partial charge in [-0.2, -0.15) is 5.10 Å². The van der Waals surface area contributed by atoms with Crippen molar-refractivity contribution in [1.82, 2.24) is 20.2 Å². The zero-order valence-electron chi connectivity index (χ0n) is 7.01. The predicted molar refractivity (Wildman–Crippen MR) is 46.6 cm³/mol. The van der Waals surface area contributed by atoms with Crippen molar-refractivity contribution < 1.29 is 9.90 Å². The second-order valence-corrected chi connectivity index (χ2v) is 2.55. The molecule has 0 bridgehead atoms. The van der Waals surface area contributed by atoms with E-state index in [-0.39, 0.29) is 5.69 Å². The van der Waals surface area contributed by atoms with Gasteiger partial charge >= 0.3 is 5.97 Å². The molecule has 14 heavy (non-hydrogen) atoms. The SMILES string of the molecule is O=C(O)c1nccnc1-c1cn[nH]c1. The number of aromatic carboxylic acids is 1. The summed E-state index contributed by atoms with van der Waals surface area (Å²) in [6.07, 6.45) is 5.84. The van der Waals surface area contributed by atoms with Crippen LogP contribution in [0, 0.1) is 0 Å². The first kappa shape index (κ1) is 8.36. The number of hydrogen-bond donors (Lipinski definition) is 2. The first-order valence-corrected chi connectivity index (χ1v) is 3.82. The van der Waals surface area contributed by atoms with Crippen LogP contribution in [0.2, 0.25) is 0 Å². The third kappa shape index (κ3) is 1.33. The lowest BCUT2D eigenvalue weighted by molar-refractivity contribution is 0.0691. The smallest absolute Gasteiger partial charge is 0.356 e. The van der Waals surface area contributed by atoms with Gasteiger partial charge in [-0.25, -0.2) is 9.78 Å². The standard InChI is InChI=1S/C8H6N4O2/c13-8(14)7-6(9-1-2-10-7)5-3-11-12-4-5/h1-4H,(H,11,12)(H,13,14). The van der Waals surface area contributed by atoms with Gasteiger partial charge in [0.2, 0.25) is 0 Å². The van der Waals surface area contributed by atoms with E-state index in [1.165, 1.54) is 18.6 Å². The first-order chi connectivity index (χ1) is 6.79. The Morgan fingerprint density at radius 3 is 2.79 bits per heavy atom. The maximum atomic E-state index is 10.8. The van der Waals surface area contributed by atoms with E-state index in [9.17, 15) is 4.79 Å². The van der Waals surface area contributed by atoms with Crippen molar-refractivity contribution in [1.29, 1.82) is 0 Å². The van der Waals surface area contributed by atoms with Gasteiger partial charge in [0.15, 0.2) is 5.69 Å². The molecule has 2 N–H and O–H groups in total. The third-order valence-electron chi connectivity index (χ3n) is 1.67. The van der Waals surface area contributed by atoms with Crippen molar-refractivity contribution in [2.45, 2.75) is 0 Å². The molecule has 2 aromatic heterocycles. The van der Waals surface area contributed by atoms with Gasteiger partial charge in [0.05, 0.1) is 6.20 Å². The maximum Gasteiger partial charge on any atom is 0.356 e. The average Bonchev–Trinajstić information content (AvgIpc) is 2.70. The van der Waals surface area contributed by atoms with Gasteiger partial charge in [0, 0.05) is 24.2 Å². The molecule has 0 spiro atoms. The molecule has 0 aliphatic rings. The van der Waals surface area contributed by atoms with E-state index in [0.29, 0.717) is 11.3 Å². The molecule has 0 unspecified atom stereocenters. The Balaban J connectivity index is 2.58. The fourth-order valence-corrected chi connectivity index (χ4v) is 1.09. The number of carbonyl (C=O) groups is 1. The van der Waals surface area contributed by atoms with Crippen LogP contribution in [0.5, 0.6) is 0 Å². The Bertz CT molecular complexity index is 452. The van der Waals surface area contributed by atoms with Crippen LogP contribution in [-0.4, -0.2) is 31.2 Å². The van der Waals surface area contributed by atoms with E-state index in [4.69, 9.17) is 5.11 Å². The Morgan fingerprint density at radius 2 is 2.14 bits per heavy atom. The van der Waals surface area contributed by atoms with E-state index in [2.05, 4.69) is 20.2 Å². The highest BCUT2D eigenvalue weighted by Crippen LogP contribution is 2.17. The number of aromatic amines is 1. The number of nitrogens with one attached hydrogen (secondary N) is 1. The van der Waals surface area contributed by atoms with E-state index in [1.807, 2.05) is 0 Å². The summed E-state index contributed by atoms with van der Waals surface area (Å²) in [6.45, 7) is 0. The van der Waals surface area contributed by atoms with Crippen molar-refractivity contribution >= 4 is 5.97 Å². The van der Waals surface area contributed by atoms with Crippen molar-refractivity contribution in [3.8, 4) is 11.3 Å². The number of carboxylic acid groups (broad SMARTS) is 1. The summed E-state index contributed by atoms with van der Waals surface area (Å²) in [5.74, 6) is -1.10. The molecule has 0 fully saturated rings. The zero-order chi connectivity index (χ0) is 9.97.